The summed E-state index contributed by atoms with van der Waals surface area (Å²) >= 11 is 0. The number of aryl methyl sites for hydroxylation is 4. The van der Waals surface area contributed by atoms with Crippen LogP contribution in [0, 0.1) is 45.6 Å². The maximum absolute atomic E-state index is 9.60. The lowest BCUT2D eigenvalue weighted by molar-refractivity contribution is 0.924. The van der Waals surface area contributed by atoms with Crippen molar-refractivity contribution in [2.75, 3.05) is 0 Å². The Labute approximate surface area is 294 Å². The summed E-state index contributed by atoms with van der Waals surface area (Å²) in [7, 11) is 0. The van der Waals surface area contributed by atoms with Crippen molar-refractivity contribution in [3.63, 3.8) is 0 Å². The largest absolute Gasteiger partial charge is 0.308 e. The van der Waals surface area contributed by atoms with Gasteiger partial charge in [0.2, 0.25) is 0 Å². The fraction of sp³-hybridized carbons (Fsp3) is 0.0952. The van der Waals surface area contributed by atoms with Gasteiger partial charge in [-0.15, -0.1) is 0 Å². The van der Waals surface area contributed by atoms with Gasteiger partial charge in [-0.2, -0.15) is 5.26 Å². The van der Waals surface area contributed by atoms with Crippen LogP contribution >= 0.6 is 0 Å². The molecule has 0 saturated carbocycles. The van der Waals surface area contributed by atoms with Gasteiger partial charge in [0, 0.05) is 21.9 Å². The molecule has 0 radical (unpaired) electrons. The van der Waals surface area contributed by atoms with Crippen LogP contribution in [0.25, 0.3) is 77.4 Å². The first-order valence-corrected chi connectivity index (χ1v) is 16.4. The van der Waals surface area contributed by atoms with Crippen molar-refractivity contribution < 1.29 is 0 Å². The summed E-state index contributed by atoms with van der Waals surface area (Å²) in [6.07, 6.45) is 0. The maximum atomic E-state index is 9.60. The number of hydrogen-bond acceptors (Lipinski definition) is 7. The number of nitrogens with zero attached hydrogens (tertiary/aromatic N) is 9. The summed E-state index contributed by atoms with van der Waals surface area (Å²) in [6, 6.07) is 36.6. The molecule has 0 N–H and O–H groups in total. The third kappa shape index (κ3) is 5.73. The van der Waals surface area contributed by atoms with E-state index in [0.29, 0.717) is 46.2 Å². The Hall–Kier alpha value is -7.10. The Morgan fingerprint density at radius 1 is 0.549 bits per heavy atom. The smallest absolute Gasteiger partial charge is 0.187 e. The number of fused-ring (bicyclic) bond motifs is 3. The summed E-state index contributed by atoms with van der Waals surface area (Å²) in [5.74, 6) is 3.66. The van der Waals surface area contributed by atoms with Gasteiger partial charge >= 0.3 is 0 Å². The highest BCUT2D eigenvalue weighted by Gasteiger charge is 2.20. The summed E-state index contributed by atoms with van der Waals surface area (Å²) in [6.45, 7) is 15.0. The molecule has 3 aromatic heterocycles. The topological polar surface area (TPSA) is 110 Å². The molecule has 3 heterocycles. The van der Waals surface area contributed by atoms with Gasteiger partial charge in [0.1, 0.15) is 23.3 Å². The lowest BCUT2D eigenvalue weighted by Crippen LogP contribution is -2.04. The summed E-state index contributed by atoms with van der Waals surface area (Å²) in [4.78, 5) is 31.4. The van der Waals surface area contributed by atoms with Gasteiger partial charge in [0.25, 0.3) is 0 Å². The maximum Gasteiger partial charge on any atom is 0.187 e. The second-order valence-electron chi connectivity index (χ2n) is 12.4. The van der Waals surface area contributed by atoms with Crippen molar-refractivity contribution in [1.29, 1.82) is 5.26 Å². The number of hydrogen-bond donors (Lipinski definition) is 0. The van der Waals surface area contributed by atoms with E-state index in [9.17, 15) is 5.26 Å². The van der Waals surface area contributed by atoms with Crippen molar-refractivity contribution in [1.82, 2.24) is 34.5 Å². The molecule has 0 amide bonds. The normalized spacial score (nSPS) is 11.1. The predicted octanol–water partition coefficient (Wildman–Crippen LogP) is 9.48. The molecule has 242 valence electrons. The third-order valence-electron chi connectivity index (χ3n) is 8.85. The molecule has 9 heteroatoms. The summed E-state index contributed by atoms with van der Waals surface area (Å²) < 4.78 is 2.25. The minimum Gasteiger partial charge on any atom is -0.308 e. The summed E-state index contributed by atoms with van der Waals surface area (Å²) in [5.41, 5.74) is 9.60. The fourth-order valence-electron chi connectivity index (χ4n) is 6.70. The highest BCUT2D eigenvalue weighted by Crippen LogP contribution is 2.40. The Morgan fingerprint density at radius 3 is 1.67 bits per heavy atom. The second kappa shape index (κ2) is 12.4. The van der Waals surface area contributed by atoms with Crippen LogP contribution in [0.15, 0.2) is 103 Å². The zero-order valence-electron chi connectivity index (χ0n) is 28.3. The van der Waals surface area contributed by atoms with Crippen LogP contribution in [0.5, 0.6) is 0 Å². The standard InChI is InChI=1S/C42H29N9/c1-24-45-25(2)48-41(47-24)33-14-17-40(37(22-33)42-49-26(3)46-27(4)50-42)51-38-15-12-31(29-9-6-8-28(18-29)23-43)20-35(38)36-21-32(13-16-39(36)51)30-10-7-11-34(19-30)44-5/h6-22H,1-4H3. The number of nitriles is 1. The first kappa shape index (κ1) is 31.2. The number of rotatable bonds is 5. The SMILES string of the molecule is [C-]#[N+]c1cccc(-c2ccc3c(c2)c2cc(-c4cccc(C#N)c4)ccc2n3-c2ccc(-c3nc(C)nc(C)n3)cc2-c2nc(C)nc(C)n2)c1. The van der Waals surface area contributed by atoms with Crippen LogP contribution in [-0.2, 0) is 0 Å². The summed E-state index contributed by atoms with van der Waals surface area (Å²) in [5, 5.41) is 11.7. The lowest BCUT2D eigenvalue weighted by atomic mass is 9.99. The van der Waals surface area contributed by atoms with E-state index in [0.717, 1.165) is 60.9 Å². The minimum atomic E-state index is 0.548. The first-order valence-electron chi connectivity index (χ1n) is 16.4. The van der Waals surface area contributed by atoms with Crippen LogP contribution < -0.4 is 0 Å². The van der Waals surface area contributed by atoms with Crippen LogP contribution in [0.3, 0.4) is 0 Å². The van der Waals surface area contributed by atoms with Crippen molar-refractivity contribution >= 4 is 27.5 Å². The van der Waals surface area contributed by atoms with Crippen LogP contribution in [0.2, 0.25) is 0 Å². The third-order valence-corrected chi connectivity index (χ3v) is 8.85. The van der Waals surface area contributed by atoms with E-state index >= 15 is 0 Å². The molecule has 0 aliphatic rings. The monoisotopic (exact) mass is 659 g/mol. The molecule has 0 fully saturated rings. The van der Waals surface area contributed by atoms with E-state index in [-0.39, 0.29) is 0 Å². The van der Waals surface area contributed by atoms with Gasteiger partial charge in [0.05, 0.1) is 34.9 Å². The predicted molar refractivity (Wildman–Crippen MR) is 199 cm³/mol. The Balaban J connectivity index is 1.43. The van der Waals surface area contributed by atoms with Gasteiger partial charge in [0.15, 0.2) is 17.3 Å². The van der Waals surface area contributed by atoms with Gasteiger partial charge in [-0.05, 0) is 111 Å². The highest BCUT2D eigenvalue weighted by atomic mass is 15.0. The van der Waals surface area contributed by atoms with Crippen molar-refractivity contribution in [2.24, 2.45) is 0 Å². The van der Waals surface area contributed by atoms with Gasteiger partial charge in [-0.3, -0.25) is 0 Å². The second-order valence-corrected chi connectivity index (χ2v) is 12.4. The fourth-order valence-corrected chi connectivity index (χ4v) is 6.70. The lowest BCUT2D eigenvalue weighted by Gasteiger charge is -2.15. The quantitative estimate of drug-likeness (QED) is 0.169. The van der Waals surface area contributed by atoms with Gasteiger partial charge < -0.3 is 4.57 Å². The number of benzene rings is 5. The molecule has 0 unspecified atom stereocenters. The first-order chi connectivity index (χ1) is 24.8. The molecule has 51 heavy (non-hydrogen) atoms. The molecule has 8 rings (SSSR count). The van der Waals surface area contributed by atoms with E-state index in [2.05, 4.69) is 77.9 Å². The Bertz CT molecular complexity index is 2630. The molecule has 0 aliphatic carbocycles. The molecule has 0 aliphatic heterocycles. The molecule has 8 aromatic rings. The molecule has 5 aromatic carbocycles. The Kier molecular flexibility index (Phi) is 7.59. The molecule has 9 nitrogen and oxygen atoms in total. The van der Waals surface area contributed by atoms with Gasteiger partial charge in [-0.1, -0.05) is 42.5 Å². The van der Waals surface area contributed by atoms with Crippen LogP contribution in [0.4, 0.5) is 5.69 Å². The molecular weight excluding hydrogens is 631 g/mol. The van der Waals surface area contributed by atoms with E-state index in [1.165, 1.54) is 0 Å². The highest BCUT2D eigenvalue weighted by molar-refractivity contribution is 6.12. The van der Waals surface area contributed by atoms with E-state index in [1.54, 1.807) is 0 Å². The van der Waals surface area contributed by atoms with Crippen LogP contribution in [0.1, 0.15) is 28.9 Å². The van der Waals surface area contributed by atoms with Gasteiger partial charge in [-0.25, -0.2) is 34.7 Å². The molecule has 0 saturated heterocycles. The average molecular weight is 660 g/mol. The van der Waals surface area contributed by atoms with Crippen molar-refractivity contribution in [2.45, 2.75) is 27.7 Å². The van der Waals surface area contributed by atoms with E-state index in [4.69, 9.17) is 16.5 Å². The van der Waals surface area contributed by atoms with Crippen molar-refractivity contribution in [3.05, 3.63) is 143 Å². The average Bonchev–Trinajstić information content (AvgIpc) is 3.46. The molecule has 0 atom stereocenters. The molecule has 0 bridgehead atoms. The van der Waals surface area contributed by atoms with Crippen LogP contribution in [-0.4, -0.2) is 34.5 Å². The molecular formula is C42H29N9. The Morgan fingerprint density at radius 2 is 1.08 bits per heavy atom. The minimum absolute atomic E-state index is 0.548. The van der Waals surface area contributed by atoms with E-state index < -0.39 is 0 Å². The number of aromatic nitrogens is 7. The van der Waals surface area contributed by atoms with E-state index in [1.807, 2.05) is 88.4 Å². The zero-order chi connectivity index (χ0) is 35.2. The molecule has 0 spiro atoms. The van der Waals surface area contributed by atoms with Crippen molar-refractivity contribution in [3.8, 4) is 56.8 Å². The zero-order valence-corrected chi connectivity index (χ0v) is 28.3.